The Kier molecular flexibility index (Phi) is 5.39. The zero-order chi connectivity index (χ0) is 19.4. The molecule has 1 N–H and O–H groups in total. The maximum Gasteiger partial charge on any atom is 0.354 e. The molecule has 0 saturated heterocycles. The molecule has 6 heteroatoms. The molecule has 27 heavy (non-hydrogen) atoms. The van der Waals surface area contributed by atoms with Gasteiger partial charge in [-0.05, 0) is 30.2 Å². The Morgan fingerprint density at radius 3 is 2.44 bits per heavy atom. The molecule has 3 aromatic rings. The van der Waals surface area contributed by atoms with E-state index < -0.39 is 11.5 Å². The number of carbonyl (C=O) groups is 1. The van der Waals surface area contributed by atoms with Gasteiger partial charge in [0.15, 0.2) is 0 Å². The van der Waals surface area contributed by atoms with E-state index in [-0.39, 0.29) is 22.5 Å². The van der Waals surface area contributed by atoms with Gasteiger partial charge in [0.25, 0.3) is 5.91 Å². The average Bonchev–Trinajstić information content (AvgIpc) is 2.67. The van der Waals surface area contributed by atoms with Gasteiger partial charge in [-0.25, -0.2) is 4.79 Å². The van der Waals surface area contributed by atoms with E-state index in [4.69, 9.17) is 16.0 Å². The molecule has 0 unspecified atom stereocenters. The molecule has 0 spiro atoms. The predicted molar refractivity (Wildman–Crippen MR) is 102 cm³/mol. The molecule has 0 aliphatic heterocycles. The largest absolute Gasteiger partial charge is 0.426 e. The minimum atomic E-state index is -0.778. The fourth-order valence-corrected chi connectivity index (χ4v) is 2.92. The van der Waals surface area contributed by atoms with Gasteiger partial charge in [0.1, 0.15) is 17.4 Å². The molecule has 1 heterocycles. The first-order valence-corrected chi connectivity index (χ1v) is 8.55. The Bertz CT molecular complexity index is 1080. The molecule has 2 aromatic carbocycles. The lowest BCUT2D eigenvalue weighted by Crippen LogP contribution is -2.26. The van der Waals surface area contributed by atoms with Gasteiger partial charge in [-0.1, -0.05) is 54.1 Å². The fourth-order valence-electron chi connectivity index (χ4n) is 2.79. The van der Waals surface area contributed by atoms with E-state index in [0.29, 0.717) is 17.1 Å². The molecular weight excluding hydrogens is 364 g/mol. The molecule has 0 atom stereocenters. The van der Waals surface area contributed by atoms with Gasteiger partial charge in [-0.3, -0.25) is 4.79 Å². The van der Waals surface area contributed by atoms with Crippen LogP contribution in [0, 0.1) is 18.3 Å². The van der Waals surface area contributed by atoms with Crippen molar-refractivity contribution in [2.75, 3.05) is 0 Å². The number of rotatable bonds is 4. The Labute approximate surface area is 160 Å². The quantitative estimate of drug-likeness (QED) is 0.741. The summed E-state index contributed by atoms with van der Waals surface area (Å²) < 4.78 is 5.12. The number of nitrogens with one attached hydrogen (secondary N) is 1. The highest BCUT2D eigenvalue weighted by atomic mass is 35.5. The summed E-state index contributed by atoms with van der Waals surface area (Å²) in [6.45, 7) is 1.83. The van der Waals surface area contributed by atoms with Gasteiger partial charge in [-0.2, -0.15) is 5.26 Å². The first kappa shape index (κ1) is 18.4. The van der Waals surface area contributed by atoms with Crippen LogP contribution < -0.4 is 10.9 Å². The highest BCUT2D eigenvalue weighted by Gasteiger charge is 2.24. The molecule has 0 saturated carbocycles. The van der Waals surface area contributed by atoms with Crippen molar-refractivity contribution in [2.24, 2.45) is 0 Å². The minimum Gasteiger partial charge on any atom is -0.426 e. The Morgan fingerprint density at radius 1 is 1.15 bits per heavy atom. The number of aryl methyl sites for hydroxylation is 1. The second-order valence-corrected chi connectivity index (χ2v) is 6.29. The van der Waals surface area contributed by atoms with Crippen LogP contribution in [0.1, 0.15) is 27.2 Å². The fraction of sp³-hybridized carbons (Fsp3) is 0.0952. The number of hydrogen-bond donors (Lipinski definition) is 1. The molecule has 0 fully saturated rings. The summed E-state index contributed by atoms with van der Waals surface area (Å²) in [5.74, 6) is -0.281. The van der Waals surface area contributed by atoms with Crippen LogP contribution in [0.4, 0.5) is 0 Å². The summed E-state index contributed by atoms with van der Waals surface area (Å²) >= 11 is 5.93. The van der Waals surface area contributed by atoms with Gasteiger partial charge in [-0.15, -0.1) is 0 Å². The molecule has 0 bridgehead atoms. The number of benzene rings is 2. The van der Waals surface area contributed by atoms with Crippen LogP contribution in [0.3, 0.4) is 0 Å². The lowest BCUT2D eigenvalue weighted by atomic mass is 9.95. The standard InChI is InChI=1S/C21H15ClN2O3/c1-13-18(20(25)24-12-14-5-3-2-4-6-14)19(17(11-23)21(26)27-13)15-7-9-16(22)10-8-15/h2-10H,12H2,1H3,(H,24,25). The van der Waals surface area contributed by atoms with Crippen molar-refractivity contribution in [3.63, 3.8) is 0 Å². The van der Waals surface area contributed by atoms with Crippen LogP contribution in [0.15, 0.2) is 63.8 Å². The zero-order valence-electron chi connectivity index (χ0n) is 14.5. The molecule has 1 amide bonds. The summed E-state index contributed by atoms with van der Waals surface area (Å²) in [7, 11) is 0. The molecule has 0 radical (unpaired) electrons. The van der Waals surface area contributed by atoms with E-state index in [9.17, 15) is 14.9 Å². The van der Waals surface area contributed by atoms with Crippen molar-refractivity contribution in [3.05, 3.63) is 92.5 Å². The van der Waals surface area contributed by atoms with Crippen molar-refractivity contribution in [2.45, 2.75) is 13.5 Å². The SMILES string of the molecule is Cc1oc(=O)c(C#N)c(-c2ccc(Cl)cc2)c1C(=O)NCc1ccccc1. The van der Waals surface area contributed by atoms with Crippen LogP contribution in [0.2, 0.25) is 5.02 Å². The number of carbonyl (C=O) groups excluding carboxylic acids is 1. The molecular formula is C21H15ClN2O3. The van der Waals surface area contributed by atoms with Crippen molar-refractivity contribution in [3.8, 4) is 17.2 Å². The van der Waals surface area contributed by atoms with Gasteiger partial charge in [0.05, 0.1) is 5.56 Å². The van der Waals surface area contributed by atoms with E-state index in [0.717, 1.165) is 5.56 Å². The molecule has 134 valence electrons. The van der Waals surface area contributed by atoms with Gasteiger partial charge in [0.2, 0.25) is 0 Å². The average molecular weight is 379 g/mol. The highest BCUT2D eigenvalue weighted by molar-refractivity contribution is 6.30. The second-order valence-electron chi connectivity index (χ2n) is 5.86. The lowest BCUT2D eigenvalue weighted by molar-refractivity contribution is 0.0948. The zero-order valence-corrected chi connectivity index (χ0v) is 15.2. The number of amides is 1. The monoisotopic (exact) mass is 378 g/mol. The number of hydrogen-bond acceptors (Lipinski definition) is 4. The van der Waals surface area contributed by atoms with Crippen LogP contribution in [0.25, 0.3) is 11.1 Å². The minimum absolute atomic E-state index is 0.148. The third kappa shape index (κ3) is 3.91. The summed E-state index contributed by atoms with van der Waals surface area (Å²) in [5.41, 5.74) is 0.872. The molecule has 0 aliphatic carbocycles. The Hall–Kier alpha value is -3.36. The van der Waals surface area contributed by atoms with Crippen LogP contribution in [-0.4, -0.2) is 5.91 Å². The number of nitrogens with zero attached hydrogens (tertiary/aromatic N) is 1. The normalized spacial score (nSPS) is 10.3. The van der Waals surface area contributed by atoms with Crippen molar-refractivity contribution in [1.29, 1.82) is 5.26 Å². The highest BCUT2D eigenvalue weighted by Crippen LogP contribution is 2.29. The first-order valence-electron chi connectivity index (χ1n) is 8.17. The predicted octanol–water partition coefficient (Wildman–Crippen LogP) is 4.07. The molecule has 3 rings (SSSR count). The van der Waals surface area contributed by atoms with E-state index in [1.54, 1.807) is 24.3 Å². The van der Waals surface area contributed by atoms with Gasteiger partial charge in [0, 0.05) is 17.1 Å². The van der Waals surface area contributed by atoms with Crippen LogP contribution in [-0.2, 0) is 6.54 Å². The number of halogens is 1. The topological polar surface area (TPSA) is 83.1 Å². The van der Waals surface area contributed by atoms with Crippen molar-refractivity contribution in [1.82, 2.24) is 5.32 Å². The lowest BCUT2D eigenvalue weighted by Gasteiger charge is -2.13. The van der Waals surface area contributed by atoms with Gasteiger partial charge >= 0.3 is 5.63 Å². The second kappa shape index (κ2) is 7.90. The van der Waals surface area contributed by atoms with Crippen molar-refractivity contribution < 1.29 is 9.21 Å². The van der Waals surface area contributed by atoms with Crippen LogP contribution in [0.5, 0.6) is 0 Å². The number of nitriles is 1. The van der Waals surface area contributed by atoms with E-state index in [2.05, 4.69) is 5.32 Å². The summed E-state index contributed by atoms with van der Waals surface area (Å²) in [5, 5.41) is 12.8. The molecule has 5 nitrogen and oxygen atoms in total. The summed E-state index contributed by atoms with van der Waals surface area (Å²) in [6, 6.07) is 17.9. The first-order chi connectivity index (χ1) is 13.0. The third-order valence-electron chi connectivity index (χ3n) is 4.07. The van der Waals surface area contributed by atoms with Crippen LogP contribution >= 0.6 is 11.6 Å². The van der Waals surface area contributed by atoms with E-state index in [1.807, 2.05) is 36.4 Å². The van der Waals surface area contributed by atoms with E-state index in [1.165, 1.54) is 6.92 Å². The molecule has 0 aliphatic rings. The summed E-state index contributed by atoms with van der Waals surface area (Å²) in [6.07, 6.45) is 0. The van der Waals surface area contributed by atoms with Gasteiger partial charge < -0.3 is 9.73 Å². The van der Waals surface area contributed by atoms with E-state index >= 15 is 0 Å². The van der Waals surface area contributed by atoms with Crippen molar-refractivity contribution >= 4 is 17.5 Å². The maximum absolute atomic E-state index is 12.9. The Morgan fingerprint density at radius 2 is 1.81 bits per heavy atom. The maximum atomic E-state index is 12.9. The Balaban J connectivity index is 2.08. The third-order valence-corrected chi connectivity index (χ3v) is 4.32. The summed E-state index contributed by atoms with van der Waals surface area (Å²) in [4.78, 5) is 25.0. The molecule has 1 aromatic heterocycles. The smallest absolute Gasteiger partial charge is 0.354 e.